The van der Waals surface area contributed by atoms with Gasteiger partial charge in [0, 0.05) is 5.41 Å². The smallest absolute Gasteiger partial charge is 0.0187 e. The van der Waals surface area contributed by atoms with Gasteiger partial charge in [0.05, 0.1) is 0 Å². The number of hydrogen-bond acceptors (Lipinski definition) is 0. The molecule has 2 aromatic carbocycles. The number of benzene rings is 2. The summed E-state index contributed by atoms with van der Waals surface area (Å²) in [6.07, 6.45) is 8.06. The van der Waals surface area contributed by atoms with Crippen LogP contribution in [-0.4, -0.2) is 0 Å². The molecular weight excluding hydrogens is 252 g/mol. The van der Waals surface area contributed by atoms with Crippen LogP contribution < -0.4 is 0 Å². The number of rotatable bonds is 6. The molecule has 0 spiro atoms. The first kappa shape index (κ1) is 14.4. The lowest BCUT2D eigenvalue weighted by atomic mass is 9.76. The predicted octanol–water partition coefficient (Wildman–Crippen LogP) is 6.33. The van der Waals surface area contributed by atoms with Crippen LogP contribution in [0.5, 0.6) is 0 Å². The summed E-state index contributed by atoms with van der Waals surface area (Å²) in [4.78, 5) is 0. The van der Waals surface area contributed by atoms with E-state index >= 15 is 0 Å². The third kappa shape index (κ3) is 2.52. The zero-order chi connectivity index (χ0) is 14.7. The summed E-state index contributed by atoms with van der Waals surface area (Å²) >= 11 is 0. The van der Waals surface area contributed by atoms with E-state index in [0.29, 0.717) is 0 Å². The first-order chi connectivity index (χ1) is 10.3. The van der Waals surface area contributed by atoms with Crippen LogP contribution in [0.3, 0.4) is 0 Å². The second kappa shape index (κ2) is 6.05. The second-order valence-electron chi connectivity index (χ2n) is 6.59. The van der Waals surface area contributed by atoms with Crippen LogP contribution >= 0.6 is 0 Å². The van der Waals surface area contributed by atoms with Crippen LogP contribution in [0.1, 0.15) is 63.5 Å². The molecule has 3 rings (SSSR count). The van der Waals surface area contributed by atoms with Crippen LogP contribution in [0.25, 0.3) is 11.1 Å². The molecular formula is C21H26. The van der Waals surface area contributed by atoms with Crippen LogP contribution in [0, 0.1) is 0 Å². The molecule has 0 aliphatic heterocycles. The van der Waals surface area contributed by atoms with Gasteiger partial charge in [-0.1, -0.05) is 94.5 Å². The van der Waals surface area contributed by atoms with E-state index in [-0.39, 0.29) is 5.41 Å². The second-order valence-corrected chi connectivity index (χ2v) is 6.59. The Labute approximate surface area is 129 Å². The average molecular weight is 278 g/mol. The van der Waals surface area contributed by atoms with Gasteiger partial charge in [0.1, 0.15) is 0 Å². The molecule has 0 amide bonds. The molecule has 0 fully saturated rings. The molecule has 0 unspecified atom stereocenters. The number of fused-ring (bicyclic) bond motifs is 3. The maximum Gasteiger partial charge on any atom is 0.0187 e. The van der Waals surface area contributed by atoms with E-state index in [4.69, 9.17) is 0 Å². The van der Waals surface area contributed by atoms with E-state index in [2.05, 4.69) is 62.4 Å². The lowest BCUT2D eigenvalue weighted by Crippen LogP contribution is -2.20. The van der Waals surface area contributed by atoms with E-state index in [1.54, 1.807) is 0 Å². The Morgan fingerprint density at radius 1 is 0.714 bits per heavy atom. The van der Waals surface area contributed by atoms with Gasteiger partial charge >= 0.3 is 0 Å². The Morgan fingerprint density at radius 3 is 1.81 bits per heavy atom. The molecule has 110 valence electrons. The minimum atomic E-state index is 0.208. The quantitative estimate of drug-likeness (QED) is 0.541. The van der Waals surface area contributed by atoms with Gasteiger partial charge in [-0.2, -0.15) is 0 Å². The Bertz CT molecular complexity index is 563. The van der Waals surface area contributed by atoms with Crippen molar-refractivity contribution in [3.05, 3.63) is 59.7 Å². The predicted molar refractivity (Wildman–Crippen MR) is 91.7 cm³/mol. The van der Waals surface area contributed by atoms with Crippen molar-refractivity contribution in [1.29, 1.82) is 0 Å². The molecule has 0 radical (unpaired) electrons. The Hall–Kier alpha value is -1.56. The van der Waals surface area contributed by atoms with Gasteiger partial charge in [-0.3, -0.25) is 0 Å². The Kier molecular flexibility index (Phi) is 4.14. The molecule has 0 heterocycles. The number of unbranched alkanes of at least 4 members (excludes halogenated alkanes) is 4. The van der Waals surface area contributed by atoms with Crippen LogP contribution in [-0.2, 0) is 5.41 Å². The van der Waals surface area contributed by atoms with Gasteiger partial charge in [0.15, 0.2) is 0 Å². The fourth-order valence-corrected chi connectivity index (χ4v) is 3.89. The molecule has 0 N–H and O–H groups in total. The van der Waals surface area contributed by atoms with Crippen LogP contribution in [0.15, 0.2) is 48.5 Å². The first-order valence-electron chi connectivity index (χ1n) is 8.47. The summed E-state index contributed by atoms with van der Waals surface area (Å²) < 4.78 is 0. The van der Waals surface area contributed by atoms with Crippen LogP contribution in [0.4, 0.5) is 0 Å². The normalized spacial score (nSPS) is 14.8. The Balaban J connectivity index is 1.87. The average Bonchev–Trinajstić information content (AvgIpc) is 2.78. The zero-order valence-electron chi connectivity index (χ0n) is 13.4. The highest BCUT2D eigenvalue weighted by molar-refractivity contribution is 5.80. The molecule has 0 bridgehead atoms. The molecule has 2 aromatic rings. The van der Waals surface area contributed by atoms with E-state index < -0.39 is 0 Å². The van der Waals surface area contributed by atoms with E-state index in [0.717, 1.165) is 0 Å². The summed E-state index contributed by atoms with van der Waals surface area (Å²) in [5.41, 5.74) is 6.16. The van der Waals surface area contributed by atoms with Gasteiger partial charge in [0.25, 0.3) is 0 Å². The fraction of sp³-hybridized carbons (Fsp3) is 0.429. The molecule has 0 heteroatoms. The molecule has 1 aliphatic carbocycles. The Morgan fingerprint density at radius 2 is 1.24 bits per heavy atom. The molecule has 0 saturated heterocycles. The third-order valence-corrected chi connectivity index (χ3v) is 5.11. The summed E-state index contributed by atoms with van der Waals surface area (Å²) in [5.74, 6) is 0. The molecule has 1 aliphatic rings. The van der Waals surface area contributed by atoms with Gasteiger partial charge in [-0.05, 0) is 28.7 Å². The maximum absolute atomic E-state index is 2.44. The van der Waals surface area contributed by atoms with Gasteiger partial charge in [0.2, 0.25) is 0 Å². The highest BCUT2D eigenvalue weighted by Crippen LogP contribution is 2.50. The van der Waals surface area contributed by atoms with E-state index in [1.807, 2.05) is 0 Å². The molecule has 0 saturated carbocycles. The van der Waals surface area contributed by atoms with Gasteiger partial charge < -0.3 is 0 Å². The minimum Gasteiger partial charge on any atom is -0.0654 e. The zero-order valence-corrected chi connectivity index (χ0v) is 13.4. The van der Waals surface area contributed by atoms with Crippen molar-refractivity contribution in [2.24, 2.45) is 0 Å². The molecule has 0 atom stereocenters. The van der Waals surface area contributed by atoms with Crippen LogP contribution in [0.2, 0.25) is 0 Å². The van der Waals surface area contributed by atoms with Crippen molar-refractivity contribution < 1.29 is 0 Å². The van der Waals surface area contributed by atoms with Gasteiger partial charge in [-0.15, -0.1) is 0 Å². The maximum atomic E-state index is 2.44. The van der Waals surface area contributed by atoms with Gasteiger partial charge in [-0.25, -0.2) is 0 Å². The molecule has 21 heavy (non-hydrogen) atoms. The minimum absolute atomic E-state index is 0.208. The number of hydrogen-bond donors (Lipinski definition) is 0. The lowest BCUT2D eigenvalue weighted by molar-refractivity contribution is 0.483. The first-order valence-corrected chi connectivity index (χ1v) is 8.47. The van der Waals surface area contributed by atoms with E-state index in [9.17, 15) is 0 Å². The van der Waals surface area contributed by atoms with Crippen molar-refractivity contribution in [2.75, 3.05) is 0 Å². The molecule has 0 aromatic heterocycles. The highest BCUT2D eigenvalue weighted by atomic mass is 14.4. The molecule has 0 nitrogen and oxygen atoms in total. The van der Waals surface area contributed by atoms with Crippen molar-refractivity contribution in [2.45, 2.75) is 57.8 Å². The largest absolute Gasteiger partial charge is 0.0654 e. The van der Waals surface area contributed by atoms with Crippen molar-refractivity contribution in [3.8, 4) is 11.1 Å². The van der Waals surface area contributed by atoms with E-state index in [1.165, 1.54) is 60.8 Å². The summed E-state index contributed by atoms with van der Waals surface area (Å²) in [7, 11) is 0. The topological polar surface area (TPSA) is 0 Å². The van der Waals surface area contributed by atoms with Crippen molar-refractivity contribution >= 4 is 0 Å². The van der Waals surface area contributed by atoms with Crippen molar-refractivity contribution in [1.82, 2.24) is 0 Å². The summed E-state index contributed by atoms with van der Waals surface area (Å²) in [6, 6.07) is 18.0. The van der Waals surface area contributed by atoms with Crippen molar-refractivity contribution in [3.63, 3.8) is 0 Å². The summed E-state index contributed by atoms with van der Waals surface area (Å²) in [6.45, 7) is 4.72. The standard InChI is InChI=1S/C21H26/c1-3-4-5-6-11-16-21(2)19-14-9-7-12-17(19)18-13-8-10-15-20(18)21/h7-10,12-15H,3-6,11,16H2,1-2H3. The fourth-order valence-electron chi connectivity index (χ4n) is 3.89. The third-order valence-electron chi connectivity index (χ3n) is 5.11. The summed E-state index contributed by atoms with van der Waals surface area (Å²) in [5, 5.41) is 0. The lowest BCUT2D eigenvalue weighted by Gasteiger charge is -2.27. The highest BCUT2D eigenvalue weighted by Gasteiger charge is 2.37. The SMILES string of the molecule is CCCCCCCC1(C)c2ccccc2-c2ccccc21. The monoisotopic (exact) mass is 278 g/mol.